The fourth-order valence-corrected chi connectivity index (χ4v) is 4.57. The van der Waals surface area contributed by atoms with Crippen LogP contribution < -0.4 is 18.9 Å². The maximum absolute atomic E-state index is 12.5. The van der Waals surface area contributed by atoms with Crippen LogP contribution in [0.2, 0.25) is 0 Å². The van der Waals surface area contributed by atoms with Gasteiger partial charge in [-0.2, -0.15) is 0 Å². The predicted octanol–water partition coefficient (Wildman–Crippen LogP) is 6.55. The molecule has 2 aromatic carbocycles. The molecule has 0 aliphatic heterocycles. The van der Waals surface area contributed by atoms with Crippen LogP contribution in [0, 0.1) is 41.5 Å². The van der Waals surface area contributed by atoms with Crippen molar-refractivity contribution >= 4 is 23.7 Å². The largest absolute Gasteiger partial charge is 0.493 e. The molecule has 0 bridgehead atoms. The number of methoxy groups -OCH3 is 2. The van der Waals surface area contributed by atoms with Gasteiger partial charge in [0.15, 0.2) is 34.6 Å². The third-order valence-electron chi connectivity index (χ3n) is 7.53. The number of aromatic nitrogens is 4. The Morgan fingerprint density at radius 3 is 1.32 bits per heavy atom. The molecule has 0 radical (unpaired) electrons. The summed E-state index contributed by atoms with van der Waals surface area (Å²) in [6.45, 7) is 12.0. The van der Waals surface area contributed by atoms with Gasteiger partial charge >= 0.3 is 0 Å². The third kappa shape index (κ3) is 9.32. The molecule has 0 aliphatic rings. The van der Waals surface area contributed by atoms with E-state index in [2.05, 4.69) is 19.9 Å². The lowest BCUT2D eigenvalue weighted by atomic mass is 10.1. The minimum Gasteiger partial charge on any atom is -0.493 e. The lowest BCUT2D eigenvalue weighted by Gasteiger charge is -2.13. The Morgan fingerprint density at radius 2 is 0.936 bits per heavy atom. The first-order valence-electron chi connectivity index (χ1n) is 15.1. The molecule has 0 spiro atoms. The first kappa shape index (κ1) is 34.5. The van der Waals surface area contributed by atoms with Gasteiger partial charge in [0, 0.05) is 0 Å². The summed E-state index contributed by atoms with van der Waals surface area (Å²) in [4.78, 5) is 43.2. The van der Waals surface area contributed by atoms with E-state index in [1.165, 1.54) is 12.2 Å². The van der Waals surface area contributed by atoms with Crippen molar-refractivity contribution in [1.82, 2.24) is 19.9 Å². The van der Waals surface area contributed by atoms with Crippen LogP contribution in [0.15, 0.2) is 48.6 Å². The maximum atomic E-state index is 12.5. The number of rotatable bonds is 14. The monoisotopic (exact) mass is 636 g/mol. The molecular weight excluding hydrogens is 596 g/mol. The average molecular weight is 637 g/mol. The van der Waals surface area contributed by atoms with E-state index in [-0.39, 0.29) is 31.2 Å². The molecule has 0 amide bonds. The summed E-state index contributed by atoms with van der Waals surface area (Å²) in [6, 6.07) is 10.7. The number of aryl methyl sites for hydroxylation is 6. The van der Waals surface area contributed by atoms with Crippen molar-refractivity contribution in [2.24, 2.45) is 0 Å². The van der Waals surface area contributed by atoms with Crippen LogP contribution in [-0.2, 0) is 22.8 Å². The zero-order chi connectivity index (χ0) is 34.1. The van der Waals surface area contributed by atoms with Gasteiger partial charge in [-0.15, -0.1) is 0 Å². The fraction of sp³-hybridized carbons (Fsp3) is 0.297. The molecule has 0 saturated heterocycles. The Hall–Kier alpha value is -5.38. The summed E-state index contributed by atoms with van der Waals surface area (Å²) in [5, 5.41) is 0. The topological polar surface area (TPSA) is 123 Å². The smallest absolute Gasteiger partial charge is 0.163 e. The summed E-state index contributed by atoms with van der Waals surface area (Å²) in [5.41, 5.74) is 8.07. The zero-order valence-corrected chi connectivity index (χ0v) is 28.1. The minimum absolute atomic E-state index is 0.243. The number of allylic oxidation sites excluding steroid dienone is 2. The van der Waals surface area contributed by atoms with E-state index in [1.54, 1.807) is 62.8 Å². The van der Waals surface area contributed by atoms with Gasteiger partial charge in [0.1, 0.15) is 13.2 Å². The second-order valence-electron chi connectivity index (χ2n) is 11.0. The van der Waals surface area contributed by atoms with Crippen LogP contribution in [0.5, 0.6) is 23.0 Å². The summed E-state index contributed by atoms with van der Waals surface area (Å²) in [6.07, 6.45) is 5.77. The van der Waals surface area contributed by atoms with Crippen molar-refractivity contribution in [3.05, 3.63) is 105 Å². The molecule has 0 unspecified atom stereocenters. The second-order valence-corrected chi connectivity index (χ2v) is 11.0. The summed E-state index contributed by atoms with van der Waals surface area (Å²) < 4.78 is 22.9. The first-order chi connectivity index (χ1) is 22.5. The quantitative estimate of drug-likeness (QED) is 0.111. The van der Waals surface area contributed by atoms with Gasteiger partial charge in [-0.25, -0.2) is 0 Å². The summed E-state index contributed by atoms with van der Waals surface area (Å²) in [5.74, 6) is 1.45. The molecule has 2 aromatic heterocycles. The first-order valence-corrected chi connectivity index (χ1v) is 15.1. The van der Waals surface area contributed by atoms with Crippen LogP contribution in [0.1, 0.15) is 63.1 Å². The molecular formula is C37H40N4O6. The van der Waals surface area contributed by atoms with Crippen LogP contribution in [0.25, 0.3) is 12.2 Å². The van der Waals surface area contributed by atoms with Gasteiger partial charge in [-0.05, 0) is 89.1 Å². The normalized spacial score (nSPS) is 11.2. The average Bonchev–Trinajstić information content (AvgIpc) is 3.05. The maximum Gasteiger partial charge on any atom is 0.163 e. The SMILES string of the molecule is COc1cc(/C=C/C(=O)CC(=O)/C=C/c2ccc(OCc3nc(C)c(C)nc3C)c(OC)c2)ccc1OCc1nc(C)c(C)nc1C. The molecule has 47 heavy (non-hydrogen) atoms. The van der Waals surface area contributed by atoms with Crippen molar-refractivity contribution in [3.63, 3.8) is 0 Å². The van der Waals surface area contributed by atoms with Crippen LogP contribution >= 0.6 is 0 Å². The molecule has 4 aromatic rings. The Morgan fingerprint density at radius 1 is 0.553 bits per heavy atom. The molecule has 0 saturated carbocycles. The number of carbonyl (C=O) groups is 2. The van der Waals surface area contributed by atoms with E-state index >= 15 is 0 Å². The number of ketones is 2. The number of nitrogens with zero attached hydrogens (tertiary/aromatic N) is 4. The molecule has 0 aliphatic carbocycles. The highest BCUT2D eigenvalue weighted by molar-refractivity contribution is 6.10. The van der Waals surface area contributed by atoms with Gasteiger partial charge in [0.05, 0.1) is 66.2 Å². The van der Waals surface area contributed by atoms with E-state index in [1.807, 2.05) is 41.5 Å². The molecule has 2 heterocycles. The van der Waals surface area contributed by atoms with Crippen molar-refractivity contribution in [2.75, 3.05) is 14.2 Å². The van der Waals surface area contributed by atoms with Crippen molar-refractivity contribution < 1.29 is 28.5 Å². The van der Waals surface area contributed by atoms with Crippen LogP contribution in [0.4, 0.5) is 0 Å². The van der Waals surface area contributed by atoms with E-state index in [0.717, 1.165) is 56.7 Å². The molecule has 4 rings (SSSR count). The third-order valence-corrected chi connectivity index (χ3v) is 7.53. The molecule has 10 heteroatoms. The lowest BCUT2D eigenvalue weighted by molar-refractivity contribution is -0.121. The Balaban J connectivity index is 1.32. The fourth-order valence-electron chi connectivity index (χ4n) is 4.57. The standard InChI is InChI=1S/C37H40N4O6/c1-22-24(3)40-32(26(5)38-22)20-46-34-15-11-28(17-36(34)44-7)9-13-30(42)19-31(43)14-10-29-12-16-35(37(18-29)45-8)47-21-33-27(6)39-23(2)25(4)41-33/h9-18H,19-21H2,1-8H3/b13-9+,14-10+. The van der Waals surface area contributed by atoms with Crippen LogP contribution in [-0.4, -0.2) is 45.7 Å². The second kappa shape index (κ2) is 15.8. The van der Waals surface area contributed by atoms with Crippen molar-refractivity contribution in [3.8, 4) is 23.0 Å². The number of hydrogen-bond acceptors (Lipinski definition) is 10. The number of benzene rings is 2. The lowest BCUT2D eigenvalue weighted by Crippen LogP contribution is -2.07. The number of hydrogen-bond donors (Lipinski definition) is 0. The molecule has 0 fully saturated rings. The summed E-state index contributed by atoms with van der Waals surface area (Å²) >= 11 is 0. The Kier molecular flexibility index (Phi) is 11.6. The van der Waals surface area contributed by atoms with Gasteiger partial charge < -0.3 is 18.9 Å². The van der Waals surface area contributed by atoms with Gasteiger partial charge in [0.25, 0.3) is 0 Å². The van der Waals surface area contributed by atoms with E-state index < -0.39 is 0 Å². The van der Waals surface area contributed by atoms with Gasteiger partial charge in [0.2, 0.25) is 0 Å². The highest BCUT2D eigenvalue weighted by atomic mass is 16.5. The number of carbonyl (C=O) groups excluding carboxylic acids is 2. The molecule has 0 N–H and O–H groups in total. The van der Waals surface area contributed by atoms with Crippen LogP contribution in [0.3, 0.4) is 0 Å². The highest BCUT2D eigenvalue weighted by Gasteiger charge is 2.12. The number of ether oxygens (including phenoxy) is 4. The Labute approximate surface area is 275 Å². The van der Waals surface area contributed by atoms with E-state index in [4.69, 9.17) is 18.9 Å². The highest BCUT2D eigenvalue weighted by Crippen LogP contribution is 2.31. The predicted molar refractivity (Wildman–Crippen MR) is 180 cm³/mol. The van der Waals surface area contributed by atoms with Crippen molar-refractivity contribution in [1.29, 1.82) is 0 Å². The molecule has 10 nitrogen and oxygen atoms in total. The minimum atomic E-state index is -0.325. The summed E-state index contributed by atoms with van der Waals surface area (Å²) in [7, 11) is 3.09. The molecule has 0 atom stereocenters. The van der Waals surface area contributed by atoms with E-state index in [0.29, 0.717) is 23.0 Å². The van der Waals surface area contributed by atoms with Gasteiger partial charge in [-0.1, -0.05) is 24.3 Å². The van der Waals surface area contributed by atoms with Crippen molar-refractivity contribution in [2.45, 2.75) is 61.2 Å². The Bertz CT molecular complexity index is 1710. The van der Waals surface area contributed by atoms with Gasteiger partial charge in [-0.3, -0.25) is 29.5 Å². The molecule has 244 valence electrons. The zero-order valence-electron chi connectivity index (χ0n) is 28.1. The van der Waals surface area contributed by atoms with E-state index in [9.17, 15) is 9.59 Å².